The maximum atomic E-state index is 13.1. The smallest absolute Gasteiger partial charge is 0.251 e. The van der Waals surface area contributed by atoms with E-state index in [0.717, 1.165) is 16.0 Å². The molecule has 0 saturated carbocycles. The molecule has 3 aromatic rings. The summed E-state index contributed by atoms with van der Waals surface area (Å²) in [6.07, 6.45) is 0. The summed E-state index contributed by atoms with van der Waals surface area (Å²) in [6, 6.07) is 13.2. The fourth-order valence-corrected chi connectivity index (χ4v) is 3.42. The van der Waals surface area contributed by atoms with Gasteiger partial charge in [-0.2, -0.15) is 0 Å². The third-order valence-corrected chi connectivity index (χ3v) is 4.85. The molecule has 27 heavy (non-hydrogen) atoms. The molecule has 0 aliphatic heterocycles. The molecule has 1 aromatic heterocycles. The highest BCUT2D eigenvalue weighted by Crippen LogP contribution is 2.30. The van der Waals surface area contributed by atoms with Crippen LogP contribution in [0.4, 0.5) is 9.52 Å². The van der Waals surface area contributed by atoms with Crippen LogP contribution < -0.4 is 10.6 Å². The number of aryl methyl sites for hydroxylation is 2. The van der Waals surface area contributed by atoms with Crippen LogP contribution in [0.3, 0.4) is 0 Å². The van der Waals surface area contributed by atoms with E-state index in [1.807, 2.05) is 26.0 Å². The van der Waals surface area contributed by atoms with Crippen molar-refractivity contribution in [2.24, 2.45) is 0 Å². The highest BCUT2D eigenvalue weighted by Gasteiger charge is 2.14. The van der Waals surface area contributed by atoms with E-state index < -0.39 is 0 Å². The molecule has 0 aliphatic carbocycles. The Morgan fingerprint density at radius 3 is 2.48 bits per heavy atom. The van der Waals surface area contributed by atoms with Crippen molar-refractivity contribution in [2.45, 2.75) is 13.8 Å². The van der Waals surface area contributed by atoms with Crippen LogP contribution in [-0.2, 0) is 4.79 Å². The van der Waals surface area contributed by atoms with Gasteiger partial charge in [-0.05, 0) is 49.7 Å². The van der Waals surface area contributed by atoms with Gasteiger partial charge >= 0.3 is 0 Å². The van der Waals surface area contributed by atoms with E-state index in [2.05, 4.69) is 15.6 Å². The molecule has 7 heteroatoms. The summed E-state index contributed by atoms with van der Waals surface area (Å²) in [4.78, 5) is 29.6. The van der Waals surface area contributed by atoms with Gasteiger partial charge in [0.25, 0.3) is 5.91 Å². The number of aromatic nitrogens is 1. The molecule has 0 fully saturated rings. The molecule has 3 rings (SSSR count). The summed E-state index contributed by atoms with van der Waals surface area (Å²) in [7, 11) is 0. The Balaban J connectivity index is 1.61. The fourth-order valence-electron chi connectivity index (χ4n) is 2.57. The van der Waals surface area contributed by atoms with Gasteiger partial charge in [-0.3, -0.25) is 9.59 Å². The fraction of sp³-hybridized carbons (Fsp3) is 0.150. The van der Waals surface area contributed by atoms with Crippen molar-refractivity contribution in [1.82, 2.24) is 10.3 Å². The van der Waals surface area contributed by atoms with Gasteiger partial charge in [0.2, 0.25) is 5.91 Å². The number of amides is 2. The lowest BCUT2D eigenvalue weighted by Crippen LogP contribution is -2.33. The molecular weight excluding hydrogens is 365 g/mol. The van der Waals surface area contributed by atoms with Gasteiger partial charge in [-0.25, -0.2) is 9.37 Å². The van der Waals surface area contributed by atoms with Crippen molar-refractivity contribution >= 4 is 28.3 Å². The summed E-state index contributed by atoms with van der Waals surface area (Å²) < 4.78 is 13.1. The van der Waals surface area contributed by atoms with Crippen LogP contribution in [0.25, 0.3) is 11.3 Å². The molecule has 2 aromatic carbocycles. The van der Waals surface area contributed by atoms with Crippen LogP contribution in [-0.4, -0.2) is 23.3 Å². The quantitative estimate of drug-likeness (QED) is 0.701. The Kier molecular flexibility index (Phi) is 5.61. The number of anilines is 1. The number of hydrogen-bond acceptors (Lipinski definition) is 4. The van der Waals surface area contributed by atoms with Gasteiger partial charge in [-0.1, -0.05) is 18.2 Å². The first-order valence-corrected chi connectivity index (χ1v) is 9.13. The van der Waals surface area contributed by atoms with Gasteiger partial charge in [0, 0.05) is 16.0 Å². The second kappa shape index (κ2) is 8.09. The molecular formula is C20H18FN3O2S. The van der Waals surface area contributed by atoms with E-state index >= 15 is 0 Å². The van der Waals surface area contributed by atoms with Gasteiger partial charge in [0.1, 0.15) is 5.82 Å². The largest absolute Gasteiger partial charge is 0.343 e. The van der Waals surface area contributed by atoms with Crippen molar-refractivity contribution in [1.29, 1.82) is 0 Å². The molecule has 5 nitrogen and oxygen atoms in total. The van der Waals surface area contributed by atoms with E-state index in [-0.39, 0.29) is 24.2 Å². The van der Waals surface area contributed by atoms with Gasteiger partial charge in [0.15, 0.2) is 5.13 Å². The summed E-state index contributed by atoms with van der Waals surface area (Å²) in [5.74, 6) is -0.980. The van der Waals surface area contributed by atoms with Crippen LogP contribution >= 0.6 is 11.3 Å². The maximum absolute atomic E-state index is 13.1. The molecule has 0 aliphatic rings. The van der Waals surface area contributed by atoms with E-state index in [1.54, 1.807) is 24.3 Å². The average Bonchev–Trinajstić information content (AvgIpc) is 3.01. The van der Waals surface area contributed by atoms with Crippen molar-refractivity contribution in [3.05, 3.63) is 70.4 Å². The monoisotopic (exact) mass is 383 g/mol. The van der Waals surface area contributed by atoms with Crippen LogP contribution in [0, 0.1) is 19.7 Å². The Bertz CT molecular complexity index is 983. The number of hydrogen-bond donors (Lipinski definition) is 2. The number of carbonyl (C=O) groups excluding carboxylic acids is 2. The molecule has 0 radical (unpaired) electrons. The second-order valence-corrected chi connectivity index (χ2v) is 7.18. The van der Waals surface area contributed by atoms with Crippen molar-refractivity contribution < 1.29 is 14.0 Å². The SMILES string of the molecule is Cc1ccccc1C(=O)NCC(=O)Nc1nc(-c2ccc(F)cc2)c(C)s1. The van der Waals surface area contributed by atoms with E-state index in [1.165, 1.54) is 23.5 Å². The minimum atomic E-state index is -0.364. The van der Waals surface area contributed by atoms with Crippen LogP contribution in [0.2, 0.25) is 0 Å². The van der Waals surface area contributed by atoms with Crippen LogP contribution in [0.15, 0.2) is 48.5 Å². The number of rotatable bonds is 5. The van der Waals surface area contributed by atoms with Crippen molar-refractivity contribution in [2.75, 3.05) is 11.9 Å². The van der Waals surface area contributed by atoms with E-state index in [0.29, 0.717) is 16.4 Å². The zero-order valence-corrected chi connectivity index (χ0v) is 15.7. The zero-order chi connectivity index (χ0) is 19.4. The molecule has 2 N–H and O–H groups in total. The zero-order valence-electron chi connectivity index (χ0n) is 14.9. The first-order chi connectivity index (χ1) is 12.9. The topological polar surface area (TPSA) is 71.1 Å². The molecule has 1 heterocycles. The Hall–Kier alpha value is -3.06. The van der Waals surface area contributed by atoms with E-state index in [9.17, 15) is 14.0 Å². The number of thiazole rings is 1. The third kappa shape index (κ3) is 4.57. The molecule has 138 valence electrons. The van der Waals surface area contributed by atoms with Gasteiger partial charge < -0.3 is 10.6 Å². The molecule has 0 atom stereocenters. The number of benzene rings is 2. The Morgan fingerprint density at radius 2 is 1.78 bits per heavy atom. The second-order valence-electron chi connectivity index (χ2n) is 5.98. The average molecular weight is 383 g/mol. The van der Waals surface area contributed by atoms with Gasteiger partial charge in [0.05, 0.1) is 12.2 Å². The van der Waals surface area contributed by atoms with Crippen LogP contribution in [0.1, 0.15) is 20.8 Å². The summed E-state index contributed by atoms with van der Waals surface area (Å²) >= 11 is 1.33. The highest BCUT2D eigenvalue weighted by atomic mass is 32.1. The Morgan fingerprint density at radius 1 is 1.07 bits per heavy atom. The summed E-state index contributed by atoms with van der Waals surface area (Å²) in [5, 5.41) is 5.72. The minimum absolute atomic E-state index is 0.155. The Labute approximate surface area is 160 Å². The minimum Gasteiger partial charge on any atom is -0.343 e. The van der Waals surface area contributed by atoms with Crippen molar-refractivity contribution in [3.63, 3.8) is 0 Å². The molecule has 0 unspecified atom stereocenters. The lowest BCUT2D eigenvalue weighted by Gasteiger charge is -2.07. The van der Waals surface area contributed by atoms with Crippen molar-refractivity contribution in [3.8, 4) is 11.3 Å². The predicted molar refractivity (Wildman–Crippen MR) is 104 cm³/mol. The third-order valence-electron chi connectivity index (χ3n) is 3.96. The van der Waals surface area contributed by atoms with Crippen LogP contribution in [0.5, 0.6) is 0 Å². The lowest BCUT2D eigenvalue weighted by molar-refractivity contribution is -0.115. The molecule has 0 bridgehead atoms. The molecule has 2 amide bonds. The lowest BCUT2D eigenvalue weighted by atomic mass is 10.1. The highest BCUT2D eigenvalue weighted by molar-refractivity contribution is 7.16. The predicted octanol–water partition coefficient (Wildman–Crippen LogP) is 3.93. The number of nitrogens with one attached hydrogen (secondary N) is 2. The first kappa shape index (κ1) is 18.7. The standard InChI is InChI=1S/C20H18FN3O2S/c1-12-5-3-4-6-16(12)19(26)22-11-17(25)23-20-24-18(13(2)27-20)14-7-9-15(21)10-8-14/h3-10H,11H2,1-2H3,(H,22,26)(H,23,24,25). The van der Waals surface area contributed by atoms with E-state index in [4.69, 9.17) is 0 Å². The maximum Gasteiger partial charge on any atom is 0.251 e. The number of halogens is 1. The summed E-state index contributed by atoms with van der Waals surface area (Å²) in [5.41, 5.74) is 2.85. The number of nitrogens with zero attached hydrogens (tertiary/aromatic N) is 1. The van der Waals surface area contributed by atoms with Gasteiger partial charge in [-0.15, -0.1) is 11.3 Å². The molecule has 0 saturated heterocycles. The molecule has 0 spiro atoms. The normalized spacial score (nSPS) is 10.5. The number of carbonyl (C=O) groups is 2. The summed E-state index contributed by atoms with van der Waals surface area (Å²) in [6.45, 7) is 3.56. The first-order valence-electron chi connectivity index (χ1n) is 8.31.